The lowest BCUT2D eigenvalue weighted by Crippen LogP contribution is -2.40. The Labute approximate surface area is 115 Å². The van der Waals surface area contributed by atoms with Crippen molar-refractivity contribution in [1.29, 1.82) is 0 Å². The molecule has 0 spiro atoms. The normalized spacial score (nSPS) is 33.9. The van der Waals surface area contributed by atoms with Gasteiger partial charge < -0.3 is 14.8 Å². The molecule has 3 rings (SSSR count). The van der Waals surface area contributed by atoms with E-state index in [4.69, 9.17) is 4.42 Å². The quantitative estimate of drug-likeness (QED) is 0.861. The summed E-state index contributed by atoms with van der Waals surface area (Å²) in [6.45, 7) is 4.63. The number of nitrogens with one attached hydrogen (secondary N) is 1. The summed E-state index contributed by atoms with van der Waals surface area (Å²) in [5.74, 6) is 1.16. The largest absolute Gasteiger partial charge is 0.469 e. The predicted octanol–water partition coefficient (Wildman–Crippen LogP) is 3.19. The molecule has 2 aliphatic rings. The van der Waals surface area contributed by atoms with Crippen LogP contribution in [0.25, 0.3) is 0 Å². The molecule has 1 atom stereocenters. The lowest BCUT2D eigenvalue weighted by molar-refractivity contribution is 0.110. The second-order valence-electron chi connectivity index (χ2n) is 7.07. The van der Waals surface area contributed by atoms with E-state index >= 15 is 0 Å². The Bertz CT molecular complexity index is 430. The van der Waals surface area contributed by atoms with Crippen molar-refractivity contribution >= 4 is 0 Å². The van der Waals surface area contributed by atoms with Crippen LogP contribution in [0.5, 0.6) is 0 Å². The first-order chi connectivity index (χ1) is 9.03. The van der Waals surface area contributed by atoms with Crippen LogP contribution in [0, 0.1) is 5.41 Å². The highest BCUT2D eigenvalue weighted by molar-refractivity contribution is 5.26. The van der Waals surface area contributed by atoms with Gasteiger partial charge in [0.15, 0.2) is 0 Å². The molecule has 0 amide bonds. The van der Waals surface area contributed by atoms with Gasteiger partial charge in [-0.05, 0) is 43.6 Å². The molecule has 1 unspecified atom stereocenters. The summed E-state index contributed by atoms with van der Waals surface area (Å²) < 4.78 is 5.65. The molecule has 106 valence electrons. The van der Waals surface area contributed by atoms with Crippen molar-refractivity contribution in [2.45, 2.75) is 70.6 Å². The molecule has 0 aliphatic heterocycles. The molecule has 0 saturated heterocycles. The topological polar surface area (TPSA) is 45.4 Å². The molecule has 1 fully saturated rings. The van der Waals surface area contributed by atoms with Gasteiger partial charge in [0.1, 0.15) is 5.76 Å². The van der Waals surface area contributed by atoms with Gasteiger partial charge in [-0.2, -0.15) is 0 Å². The van der Waals surface area contributed by atoms with Crippen LogP contribution >= 0.6 is 0 Å². The summed E-state index contributed by atoms with van der Waals surface area (Å²) in [6.07, 6.45) is 8.00. The minimum Gasteiger partial charge on any atom is -0.469 e. The molecular formula is C16H25NO2. The average Bonchev–Trinajstić information content (AvgIpc) is 2.78. The molecule has 1 aromatic rings. The zero-order valence-electron chi connectivity index (χ0n) is 12.0. The maximum atomic E-state index is 9.60. The van der Waals surface area contributed by atoms with Crippen molar-refractivity contribution in [3.05, 3.63) is 23.7 Å². The van der Waals surface area contributed by atoms with Gasteiger partial charge >= 0.3 is 0 Å². The first kappa shape index (κ1) is 13.2. The molecule has 3 nitrogen and oxygen atoms in total. The smallest absolute Gasteiger partial charge is 0.109 e. The van der Waals surface area contributed by atoms with E-state index in [2.05, 4.69) is 25.2 Å². The molecule has 19 heavy (non-hydrogen) atoms. The third-order valence-electron chi connectivity index (χ3n) is 4.68. The van der Waals surface area contributed by atoms with Gasteiger partial charge in [0.2, 0.25) is 0 Å². The van der Waals surface area contributed by atoms with Crippen molar-refractivity contribution in [3.8, 4) is 0 Å². The third kappa shape index (κ3) is 2.87. The molecule has 1 heterocycles. The van der Waals surface area contributed by atoms with E-state index in [-0.39, 0.29) is 6.10 Å². The number of hydrogen-bond donors (Lipinski definition) is 2. The monoisotopic (exact) mass is 263 g/mol. The molecule has 0 bridgehead atoms. The summed E-state index contributed by atoms with van der Waals surface area (Å²) in [4.78, 5) is 0. The Kier molecular flexibility index (Phi) is 3.44. The summed E-state index contributed by atoms with van der Waals surface area (Å²) in [5.41, 5.74) is 1.65. The van der Waals surface area contributed by atoms with Gasteiger partial charge in [0, 0.05) is 24.1 Å². The Hall–Kier alpha value is -0.800. The Morgan fingerprint density at radius 3 is 2.74 bits per heavy atom. The second kappa shape index (κ2) is 4.95. The van der Waals surface area contributed by atoms with Gasteiger partial charge in [-0.25, -0.2) is 0 Å². The van der Waals surface area contributed by atoms with Crippen LogP contribution < -0.4 is 5.32 Å². The number of furan rings is 1. The van der Waals surface area contributed by atoms with Gasteiger partial charge in [0.05, 0.1) is 12.4 Å². The standard InChI is InChI=1S/C16H25NO2/c1-16(2)9-14(13-7-8-19-15(13)10-16)17-11-3-5-12(18)6-4-11/h7-8,11-12,14,17-18H,3-6,9-10H2,1-2H3. The summed E-state index contributed by atoms with van der Waals surface area (Å²) >= 11 is 0. The molecule has 0 radical (unpaired) electrons. The average molecular weight is 263 g/mol. The second-order valence-corrected chi connectivity index (χ2v) is 7.07. The zero-order chi connectivity index (χ0) is 13.5. The Balaban J connectivity index is 1.71. The minimum atomic E-state index is -0.0784. The minimum absolute atomic E-state index is 0.0784. The number of aliphatic hydroxyl groups is 1. The molecule has 2 aliphatic carbocycles. The van der Waals surface area contributed by atoms with Crippen LogP contribution in [-0.4, -0.2) is 17.3 Å². The number of aliphatic hydroxyl groups excluding tert-OH is 1. The highest BCUT2D eigenvalue weighted by atomic mass is 16.3. The molecule has 2 N–H and O–H groups in total. The summed E-state index contributed by atoms with van der Waals surface area (Å²) in [5, 5.41) is 13.4. The Morgan fingerprint density at radius 1 is 1.26 bits per heavy atom. The van der Waals surface area contributed by atoms with Crippen LogP contribution in [0.2, 0.25) is 0 Å². The van der Waals surface area contributed by atoms with E-state index < -0.39 is 0 Å². The molecule has 1 saturated carbocycles. The highest BCUT2D eigenvalue weighted by Gasteiger charge is 2.35. The van der Waals surface area contributed by atoms with Crippen molar-refractivity contribution in [1.82, 2.24) is 5.32 Å². The lowest BCUT2D eigenvalue weighted by Gasteiger charge is -2.38. The molecule has 3 heteroatoms. The van der Waals surface area contributed by atoms with Crippen molar-refractivity contribution in [3.63, 3.8) is 0 Å². The summed E-state index contributed by atoms with van der Waals surface area (Å²) in [6, 6.07) is 3.09. The maximum Gasteiger partial charge on any atom is 0.109 e. The fraction of sp³-hybridized carbons (Fsp3) is 0.750. The number of fused-ring (bicyclic) bond motifs is 1. The molecule has 0 aromatic carbocycles. The van der Waals surface area contributed by atoms with E-state index in [1.807, 2.05) is 6.26 Å². The van der Waals surface area contributed by atoms with Crippen molar-refractivity contribution in [2.75, 3.05) is 0 Å². The van der Waals surface area contributed by atoms with E-state index in [0.29, 0.717) is 17.5 Å². The first-order valence-corrected chi connectivity index (χ1v) is 7.54. The van der Waals surface area contributed by atoms with E-state index in [1.165, 1.54) is 12.0 Å². The Morgan fingerprint density at radius 2 is 2.00 bits per heavy atom. The van der Waals surface area contributed by atoms with Gasteiger partial charge in [-0.15, -0.1) is 0 Å². The maximum absolute atomic E-state index is 9.60. The SMILES string of the molecule is CC1(C)Cc2occc2C(NC2CCC(O)CC2)C1. The van der Waals surface area contributed by atoms with E-state index in [9.17, 15) is 5.11 Å². The molecule has 1 aromatic heterocycles. The van der Waals surface area contributed by atoms with Gasteiger partial charge in [0.25, 0.3) is 0 Å². The van der Waals surface area contributed by atoms with Crippen molar-refractivity contribution < 1.29 is 9.52 Å². The third-order valence-corrected chi connectivity index (χ3v) is 4.68. The number of hydrogen-bond acceptors (Lipinski definition) is 3. The highest BCUT2D eigenvalue weighted by Crippen LogP contribution is 2.41. The summed E-state index contributed by atoms with van der Waals surface area (Å²) in [7, 11) is 0. The lowest BCUT2D eigenvalue weighted by atomic mass is 9.74. The first-order valence-electron chi connectivity index (χ1n) is 7.54. The fourth-order valence-corrected chi connectivity index (χ4v) is 3.65. The van der Waals surface area contributed by atoms with Crippen LogP contribution in [0.4, 0.5) is 0 Å². The van der Waals surface area contributed by atoms with Crippen LogP contribution in [0.15, 0.2) is 16.7 Å². The van der Waals surface area contributed by atoms with Crippen LogP contribution in [0.3, 0.4) is 0 Å². The van der Waals surface area contributed by atoms with E-state index in [1.54, 1.807) is 0 Å². The van der Waals surface area contributed by atoms with E-state index in [0.717, 1.165) is 37.9 Å². The molecular weight excluding hydrogens is 238 g/mol. The van der Waals surface area contributed by atoms with Crippen molar-refractivity contribution in [2.24, 2.45) is 5.41 Å². The number of rotatable bonds is 2. The zero-order valence-corrected chi connectivity index (χ0v) is 12.0. The van der Waals surface area contributed by atoms with Gasteiger partial charge in [-0.1, -0.05) is 13.8 Å². The van der Waals surface area contributed by atoms with Crippen LogP contribution in [-0.2, 0) is 6.42 Å². The van der Waals surface area contributed by atoms with Crippen LogP contribution in [0.1, 0.15) is 63.3 Å². The predicted molar refractivity (Wildman–Crippen MR) is 74.9 cm³/mol. The fourth-order valence-electron chi connectivity index (χ4n) is 3.65. The van der Waals surface area contributed by atoms with Gasteiger partial charge in [-0.3, -0.25) is 0 Å².